The van der Waals surface area contributed by atoms with Crippen molar-refractivity contribution in [2.75, 3.05) is 47.9 Å². The lowest BCUT2D eigenvalue weighted by molar-refractivity contribution is -0.155. The molecule has 5 atom stereocenters. The lowest BCUT2D eigenvalue weighted by atomic mass is 9.84. The van der Waals surface area contributed by atoms with E-state index in [2.05, 4.69) is 29.0 Å². The molecule has 0 bridgehead atoms. The lowest BCUT2D eigenvalue weighted by Crippen LogP contribution is -2.61. The van der Waals surface area contributed by atoms with Crippen molar-refractivity contribution >= 4 is 23.7 Å². The van der Waals surface area contributed by atoms with Crippen LogP contribution in [0, 0.1) is 17.3 Å². The van der Waals surface area contributed by atoms with Crippen molar-refractivity contribution in [3.8, 4) is 0 Å². The minimum absolute atomic E-state index is 0.0867. The van der Waals surface area contributed by atoms with Crippen molar-refractivity contribution in [3.05, 3.63) is 0 Å². The number of methoxy groups -OCH3 is 1. The van der Waals surface area contributed by atoms with Gasteiger partial charge >= 0.3 is 5.97 Å². The Hall–Kier alpha value is -2.20. The van der Waals surface area contributed by atoms with Gasteiger partial charge in [-0.05, 0) is 63.1 Å². The SMILES string of the molecule is COC(=O)[C@@H](C(C)C)N(C)C(=O)[C@@H]1CCCN1C[C@H](C(C)C)N(C)C(=O)[C@@H](NC(=O)C1CCCCN1C)C(C)(C)C. The Bertz CT molecular complexity index is 917. The van der Waals surface area contributed by atoms with Gasteiger partial charge in [-0.3, -0.25) is 24.2 Å². The summed E-state index contributed by atoms with van der Waals surface area (Å²) in [5.41, 5.74) is -0.482. The Morgan fingerprint density at radius 3 is 2.02 bits per heavy atom. The van der Waals surface area contributed by atoms with E-state index in [0.29, 0.717) is 13.0 Å². The molecule has 1 unspecified atom stereocenters. The van der Waals surface area contributed by atoms with E-state index in [-0.39, 0.29) is 47.7 Å². The maximum absolute atomic E-state index is 14.1. The smallest absolute Gasteiger partial charge is 0.328 e. The minimum atomic E-state index is -0.675. The molecule has 10 heteroatoms. The van der Waals surface area contributed by atoms with E-state index in [0.717, 1.165) is 38.8 Å². The molecule has 0 spiro atoms. The number of piperidine rings is 1. The Labute approximate surface area is 248 Å². The zero-order valence-corrected chi connectivity index (χ0v) is 27.5. The van der Waals surface area contributed by atoms with Crippen LogP contribution in [-0.2, 0) is 23.9 Å². The Morgan fingerprint density at radius 1 is 0.902 bits per heavy atom. The van der Waals surface area contributed by atoms with Crippen molar-refractivity contribution < 1.29 is 23.9 Å². The number of likely N-dealkylation sites (N-methyl/N-ethyl adjacent to an activating group) is 3. The maximum atomic E-state index is 14.1. The molecule has 2 aliphatic rings. The molecule has 236 valence electrons. The van der Waals surface area contributed by atoms with Gasteiger partial charge in [0.05, 0.1) is 19.2 Å². The number of carbonyl (C=O) groups is 4. The van der Waals surface area contributed by atoms with E-state index in [9.17, 15) is 19.2 Å². The van der Waals surface area contributed by atoms with Crippen molar-refractivity contribution in [1.82, 2.24) is 24.9 Å². The van der Waals surface area contributed by atoms with E-state index >= 15 is 0 Å². The normalized spacial score (nSPS) is 22.8. The fourth-order valence-electron chi connectivity index (χ4n) is 6.38. The predicted molar refractivity (Wildman–Crippen MR) is 161 cm³/mol. The molecule has 2 heterocycles. The second kappa shape index (κ2) is 14.8. The Morgan fingerprint density at radius 2 is 1.51 bits per heavy atom. The van der Waals surface area contributed by atoms with Crippen LogP contribution in [0.4, 0.5) is 0 Å². The first kappa shape index (κ1) is 35.0. The first-order valence-corrected chi connectivity index (χ1v) is 15.4. The molecule has 2 aliphatic heterocycles. The van der Waals surface area contributed by atoms with Crippen LogP contribution in [0.1, 0.15) is 80.6 Å². The van der Waals surface area contributed by atoms with E-state index in [1.807, 2.05) is 48.7 Å². The fourth-order valence-corrected chi connectivity index (χ4v) is 6.38. The molecule has 1 N–H and O–H groups in total. The number of hydrogen-bond acceptors (Lipinski definition) is 7. The molecular formula is C31H57N5O5. The number of amides is 3. The van der Waals surface area contributed by atoms with Gasteiger partial charge < -0.3 is 19.9 Å². The van der Waals surface area contributed by atoms with Crippen molar-refractivity contribution in [2.24, 2.45) is 17.3 Å². The molecule has 3 amide bonds. The summed E-state index contributed by atoms with van der Waals surface area (Å²) in [5, 5.41) is 3.12. The van der Waals surface area contributed by atoms with E-state index in [4.69, 9.17) is 4.74 Å². The molecule has 0 aromatic rings. The summed E-state index contributed by atoms with van der Waals surface area (Å²) in [5.74, 6) is -0.685. The third kappa shape index (κ3) is 8.66. The third-order valence-electron chi connectivity index (χ3n) is 9.00. The summed E-state index contributed by atoms with van der Waals surface area (Å²) in [7, 11) is 6.81. The largest absolute Gasteiger partial charge is 0.467 e. The van der Waals surface area contributed by atoms with Gasteiger partial charge in [-0.2, -0.15) is 0 Å². The molecule has 10 nitrogen and oxygen atoms in total. The van der Waals surface area contributed by atoms with Crippen LogP contribution >= 0.6 is 0 Å². The van der Waals surface area contributed by atoms with Crippen LogP contribution in [0.5, 0.6) is 0 Å². The molecular weight excluding hydrogens is 522 g/mol. The van der Waals surface area contributed by atoms with Crippen molar-refractivity contribution in [1.29, 1.82) is 0 Å². The Balaban J connectivity index is 2.22. The van der Waals surface area contributed by atoms with E-state index < -0.39 is 23.5 Å². The summed E-state index contributed by atoms with van der Waals surface area (Å²) in [6.07, 6.45) is 4.45. The summed E-state index contributed by atoms with van der Waals surface area (Å²) < 4.78 is 4.99. The minimum Gasteiger partial charge on any atom is -0.467 e. The number of nitrogens with zero attached hydrogens (tertiary/aromatic N) is 4. The average Bonchev–Trinajstić information content (AvgIpc) is 3.36. The van der Waals surface area contributed by atoms with Crippen LogP contribution < -0.4 is 5.32 Å². The zero-order chi connectivity index (χ0) is 31.2. The molecule has 41 heavy (non-hydrogen) atoms. The summed E-state index contributed by atoms with van der Waals surface area (Å²) in [6, 6.07) is -2.08. The number of hydrogen-bond donors (Lipinski definition) is 1. The van der Waals surface area contributed by atoms with Crippen LogP contribution in [0.2, 0.25) is 0 Å². The molecule has 2 fully saturated rings. The molecule has 0 aromatic carbocycles. The van der Waals surface area contributed by atoms with Crippen LogP contribution in [-0.4, -0.2) is 121 Å². The van der Waals surface area contributed by atoms with E-state index in [1.165, 1.54) is 12.0 Å². The van der Waals surface area contributed by atoms with Gasteiger partial charge in [0.25, 0.3) is 0 Å². The number of likely N-dealkylation sites (tertiary alicyclic amines) is 2. The molecule has 0 radical (unpaired) electrons. The molecule has 2 rings (SSSR count). The molecule has 2 saturated heterocycles. The molecule has 0 aromatic heterocycles. The summed E-state index contributed by atoms with van der Waals surface area (Å²) >= 11 is 0. The number of rotatable bonds is 11. The van der Waals surface area contributed by atoms with Gasteiger partial charge in [-0.25, -0.2) is 4.79 Å². The highest BCUT2D eigenvalue weighted by Crippen LogP contribution is 2.27. The van der Waals surface area contributed by atoms with Gasteiger partial charge in [0.15, 0.2) is 0 Å². The highest BCUT2D eigenvalue weighted by molar-refractivity contribution is 5.90. The van der Waals surface area contributed by atoms with Gasteiger partial charge in [0, 0.05) is 26.7 Å². The number of carbonyl (C=O) groups excluding carboxylic acids is 4. The first-order chi connectivity index (χ1) is 19.0. The second-order valence-corrected chi connectivity index (χ2v) is 13.9. The van der Waals surface area contributed by atoms with Gasteiger partial charge in [0.1, 0.15) is 12.1 Å². The summed E-state index contributed by atoms with van der Waals surface area (Å²) in [6.45, 7) is 16.1. The molecule has 0 aliphatic carbocycles. The topological polar surface area (TPSA) is 102 Å². The molecule has 0 saturated carbocycles. The highest BCUT2D eigenvalue weighted by atomic mass is 16.5. The predicted octanol–water partition coefficient (Wildman–Crippen LogP) is 2.61. The quantitative estimate of drug-likeness (QED) is 0.376. The van der Waals surface area contributed by atoms with E-state index in [1.54, 1.807) is 11.9 Å². The number of ether oxygens (including phenoxy) is 1. The lowest BCUT2D eigenvalue weighted by Gasteiger charge is -2.41. The fraction of sp³-hybridized carbons (Fsp3) is 0.871. The monoisotopic (exact) mass is 579 g/mol. The van der Waals surface area contributed by atoms with Gasteiger partial charge in [0.2, 0.25) is 17.7 Å². The highest BCUT2D eigenvalue weighted by Gasteiger charge is 2.42. The number of nitrogens with one attached hydrogen (secondary N) is 1. The van der Waals surface area contributed by atoms with Crippen molar-refractivity contribution in [2.45, 2.75) is 111 Å². The van der Waals surface area contributed by atoms with Crippen LogP contribution in [0.25, 0.3) is 0 Å². The van der Waals surface area contributed by atoms with Crippen LogP contribution in [0.3, 0.4) is 0 Å². The summed E-state index contributed by atoms with van der Waals surface area (Å²) in [4.78, 5) is 61.0. The Kier molecular flexibility index (Phi) is 12.6. The standard InChI is InChI=1S/C31H57N5O5/c1-20(2)24(19-36-18-14-16-23(36)28(38)35(10)25(21(3)4)30(40)41-11)34(9)29(39)26(31(5,6)7)32-27(37)22-15-12-13-17-33(22)8/h20-26H,12-19H2,1-11H3,(H,32,37)/t22?,23-,24+,25+,26+/m0/s1. The average molecular weight is 580 g/mol. The van der Waals surface area contributed by atoms with Gasteiger partial charge in [-0.1, -0.05) is 54.9 Å². The maximum Gasteiger partial charge on any atom is 0.328 e. The van der Waals surface area contributed by atoms with Gasteiger partial charge in [-0.15, -0.1) is 0 Å². The van der Waals surface area contributed by atoms with Crippen LogP contribution in [0.15, 0.2) is 0 Å². The number of esters is 1. The second-order valence-electron chi connectivity index (χ2n) is 13.9. The first-order valence-electron chi connectivity index (χ1n) is 15.4. The zero-order valence-electron chi connectivity index (χ0n) is 27.5. The van der Waals surface area contributed by atoms with Crippen molar-refractivity contribution in [3.63, 3.8) is 0 Å². The third-order valence-corrected chi connectivity index (χ3v) is 9.00.